The number of piperidine rings is 1. The minimum Gasteiger partial charge on any atom is -0.359 e. The van der Waals surface area contributed by atoms with Gasteiger partial charge in [0, 0.05) is 42.9 Å². The van der Waals surface area contributed by atoms with E-state index in [-0.39, 0.29) is 5.75 Å². The monoisotopic (exact) mass is 365 g/mol. The predicted octanol–water partition coefficient (Wildman–Crippen LogP) is 2.73. The molecule has 0 radical (unpaired) electrons. The molecule has 5 nitrogen and oxygen atoms in total. The molecule has 0 aliphatic carbocycles. The Morgan fingerprint density at radius 3 is 2.62 bits per heavy atom. The number of thiazole rings is 1. The number of likely N-dealkylation sites (tertiary alicyclic amines) is 1. The van der Waals surface area contributed by atoms with Crippen LogP contribution in [0.4, 0.5) is 5.13 Å². The van der Waals surface area contributed by atoms with E-state index in [2.05, 4.69) is 32.7 Å². The van der Waals surface area contributed by atoms with Gasteiger partial charge in [0.15, 0.2) is 5.13 Å². The molecule has 7 heteroatoms. The van der Waals surface area contributed by atoms with Gasteiger partial charge in [0.1, 0.15) is 9.84 Å². The van der Waals surface area contributed by atoms with E-state index in [4.69, 9.17) is 0 Å². The van der Waals surface area contributed by atoms with Crippen molar-refractivity contribution >= 4 is 26.3 Å². The number of rotatable bonds is 6. The van der Waals surface area contributed by atoms with Crippen molar-refractivity contribution in [1.82, 2.24) is 9.88 Å². The number of aromatic nitrogens is 1. The Hall–Kier alpha value is -1.44. The summed E-state index contributed by atoms with van der Waals surface area (Å²) in [5, 5.41) is 6.57. The lowest BCUT2D eigenvalue weighted by Crippen LogP contribution is -2.41. The molecule has 1 aliphatic heterocycles. The van der Waals surface area contributed by atoms with E-state index < -0.39 is 9.84 Å². The van der Waals surface area contributed by atoms with Gasteiger partial charge in [-0.15, -0.1) is 11.3 Å². The van der Waals surface area contributed by atoms with Crippen molar-refractivity contribution in [3.05, 3.63) is 35.7 Å². The maximum absolute atomic E-state index is 11.3. The number of anilines is 1. The molecule has 130 valence electrons. The summed E-state index contributed by atoms with van der Waals surface area (Å²) in [6.45, 7) is 2.51. The minimum absolute atomic E-state index is 0.248. The predicted molar refractivity (Wildman–Crippen MR) is 100 cm³/mol. The first-order valence-corrected chi connectivity index (χ1v) is 11.1. The average Bonchev–Trinajstić information content (AvgIpc) is 3.03. The Morgan fingerprint density at radius 2 is 1.96 bits per heavy atom. The standard InChI is InChI=1S/C17H23N3O2S2/c1-24(21,22)12-11-20-9-7-15(8-10-20)18-17-19-16(13-23-17)14-5-3-2-4-6-14/h2-6,13,15H,7-12H2,1H3,(H,18,19). The number of hydrogen-bond acceptors (Lipinski definition) is 6. The van der Waals surface area contributed by atoms with Gasteiger partial charge in [-0.2, -0.15) is 0 Å². The topological polar surface area (TPSA) is 62.3 Å². The van der Waals surface area contributed by atoms with Crippen molar-refractivity contribution < 1.29 is 8.42 Å². The fourth-order valence-electron chi connectivity index (χ4n) is 2.85. The van der Waals surface area contributed by atoms with Gasteiger partial charge in [-0.1, -0.05) is 30.3 Å². The summed E-state index contributed by atoms with van der Waals surface area (Å²) in [4.78, 5) is 6.91. The largest absolute Gasteiger partial charge is 0.359 e. The van der Waals surface area contributed by atoms with Gasteiger partial charge in [-0.25, -0.2) is 13.4 Å². The van der Waals surface area contributed by atoms with Crippen LogP contribution in [0, 0.1) is 0 Å². The van der Waals surface area contributed by atoms with Gasteiger partial charge in [0.25, 0.3) is 0 Å². The van der Waals surface area contributed by atoms with Crippen LogP contribution in [0.15, 0.2) is 35.7 Å². The Balaban J connectivity index is 1.49. The quantitative estimate of drug-likeness (QED) is 0.853. The lowest BCUT2D eigenvalue weighted by atomic mass is 10.1. The van der Waals surface area contributed by atoms with Crippen LogP contribution in [0.25, 0.3) is 11.3 Å². The third-order valence-electron chi connectivity index (χ3n) is 4.27. The number of nitrogens with one attached hydrogen (secondary N) is 1. The SMILES string of the molecule is CS(=O)(=O)CCN1CCC(Nc2nc(-c3ccccc3)cs2)CC1. The highest BCUT2D eigenvalue weighted by Crippen LogP contribution is 2.26. The molecule has 0 atom stereocenters. The summed E-state index contributed by atoms with van der Waals surface area (Å²) in [6, 6.07) is 10.6. The molecule has 24 heavy (non-hydrogen) atoms. The molecular weight excluding hydrogens is 342 g/mol. The molecule has 0 unspecified atom stereocenters. The van der Waals surface area contributed by atoms with Crippen LogP contribution in [-0.4, -0.2) is 56.0 Å². The summed E-state index contributed by atoms with van der Waals surface area (Å²) >= 11 is 1.64. The van der Waals surface area contributed by atoms with Gasteiger partial charge < -0.3 is 10.2 Å². The smallest absolute Gasteiger partial charge is 0.183 e. The van der Waals surface area contributed by atoms with E-state index in [1.54, 1.807) is 11.3 Å². The summed E-state index contributed by atoms with van der Waals surface area (Å²) in [5.74, 6) is 0.248. The van der Waals surface area contributed by atoms with Crippen LogP contribution in [0.1, 0.15) is 12.8 Å². The zero-order chi connectivity index (χ0) is 17.0. The maximum Gasteiger partial charge on any atom is 0.183 e. The van der Waals surface area contributed by atoms with E-state index in [0.29, 0.717) is 12.6 Å². The highest BCUT2D eigenvalue weighted by molar-refractivity contribution is 7.90. The highest BCUT2D eigenvalue weighted by atomic mass is 32.2. The van der Waals surface area contributed by atoms with E-state index >= 15 is 0 Å². The molecule has 2 heterocycles. The number of nitrogens with zero attached hydrogens (tertiary/aromatic N) is 2. The van der Waals surface area contributed by atoms with E-state index in [0.717, 1.165) is 42.3 Å². The molecule has 0 saturated carbocycles. The fourth-order valence-corrected chi connectivity index (χ4v) is 4.24. The number of sulfone groups is 1. The average molecular weight is 366 g/mol. The molecule has 1 N–H and O–H groups in total. The van der Waals surface area contributed by atoms with Crippen molar-refractivity contribution in [2.24, 2.45) is 0 Å². The van der Waals surface area contributed by atoms with Crippen molar-refractivity contribution in [2.45, 2.75) is 18.9 Å². The molecule has 1 aromatic heterocycles. The summed E-state index contributed by atoms with van der Waals surface area (Å²) in [6.07, 6.45) is 3.34. The second-order valence-electron chi connectivity index (χ2n) is 6.29. The van der Waals surface area contributed by atoms with Crippen LogP contribution < -0.4 is 5.32 Å². The molecule has 1 aliphatic rings. The molecular formula is C17H23N3O2S2. The van der Waals surface area contributed by atoms with Crippen LogP contribution >= 0.6 is 11.3 Å². The van der Waals surface area contributed by atoms with E-state index in [1.807, 2.05) is 18.2 Å². The van der Waals surface area contributed by atoms with Gasteiger partial charge in [-0.05, 0) is 12.8 Å². The van der Waals surface area contributed by atoms with Crippen molar-refractivity contribution in [3.63, 3.8) is 0 Å². The summed E-state index contributed by atoms with van der Waals surface area (Å²) in [7, 11) is -2.87. The molecule has 1 fully saturated rings. The zero-order valence-electron chi connectivity index (χ0n) is 13.8. The first-order valence-electron chi connectivity index (χ1n) is 8.17. The van der Waals surface area contributed by atoms with Gasteiger partial charge >= 0.3 is 0 Å². The highest BCUT2D eigenvalue weighted by Gasteiger charge is 2.20. The van der Waals surface area contributed by atoms with Crippen LogP contribution in [-0.2, 0) is 9.84 Å². The van der Waals surface area contributed by atoms with Gasteiger partial charge in [0.2, 0.25) is 0 Å². The molecule has 0 amide bonds. The van der Waals surface area contributed by atoms with Gasteiger partial charge in [0.05, 0.1) is 11.4 Å². The molecule has 1 aromatic carbocycles. The lowest BCUT2D eigenvalue weighted by molar-refractivity contribution is 0.230. The second-order valence-corrected chi connectivity index (χ2v) is 9.41. The van der Waals surface area contributed by atoms with Crippen LogP contribution in [0.5, 0.6) is 0 Å². The minimum atomic E-state index is -2.87. The molecule has 1 saturated heterocycles. The van der Waals surface area contributed by atoms with Crippen molar-refractivity contribution in [1.29, 1.82) is 0 Å². The van der Waals surface area contributed by atoms with Crippen LogP contribution in [0.3, 0.4) is 0 Å². The van der Waals surface area contributed by atoms with E-state index in [9.17, 15) is 8.42 Å². The Morgan fingerprint density at radius 1 is 1.25 bits per heavy atom. The fraction of sp³-hybridized carbons (Fsp3) is 0.471. The van der Waals surface area contributed by atoms with Crippen molar-refractivity contribution in [2.75, 3.05) is 37.0 Å². The first-order chi connectivity index (χ1) is 11.5. The first kappa shape index (κ1) is 17.4. The molecule has 0 spiro atoms. The molecule has 3 rings (SSSR count). The molecule has 2 aromatic rings. The maximum atomic E-state index is 11.3. The Kier molecular flexibility index (Phi) is 5.53. The summed E-state index contributed by atoms with van der Waals surface area (Å²) in [5.41, 5.74) is 2.14. The summed E-state index contributed by atoms with van der Waals surface area (Å²) < 4.78 is 22.5. The number of hydrogen-bond donors (Lipinski definition) is 1. The zero-order valence-corrected chi connectivity index (χ0v) is 15.4. The van der Waals surface area contributed by atoms with Crippen LogP contribution in [0.2, 0.25) is 0 Å². The molecule has 0 bridgehead atoms. The normalized spacial score (nSPS) is 17.0. The van der Waals surface area contributed by atoms with Crippen molar-refractivity contribution in [3.8, 4) is 11.3 Å². The van der Waals surface area contributed by atoms with Gasteiger partial charge in [-0.3, -0.25) is 0 Å². The third-order valence-corrected chi connectivity index (χ3v) is 5.96. The lowest BCUT2D eigenvalue weighted by Gasteiger charge is -2.32. The Labute approximate surface area is 147 Å². The second kappa shape index (κ2) is 7.63. The third kappa shape index (κ3) is 5.03. The number of benzene rings is 1. The van der Waals surface area contributed by atoms with E-state index in [1.165, 1.54) is 6.26 Å². The Bertz CT molecular complexity index is 751.